The van der Waals surface area contributed by atoms with Gasteiger partial charge in [0.2, 0.25) is 11.7 Å². The molecule has 0 saturated heterocycles. The summed E-state index contributed by atoms with van der Waals surface area (Å²) < 4.78 is 27.2. The van der Waals surface area contributed by atoms with Crippen LogP contribution in [0.5, 0.6) is 28.7 Å². The molecule has 1 unspecified atom stereocenters. The van der Waals surface area contributed by atoms with Crippen LogP contribution in [-0.2, 0) is 11.3 Å². The molecule has 194 valence electrons. The van der Waals surface area contributed by atoms with E-state index in [9.17, 15) is 9.59 Å². The lowest BCUT2D eigenvalue weighted by atomic mass is 10.00. The number of hydrogen-bond donors (Lipinski definition) is 1. The van der Waals surface area contributed by atoms with Crippen molar-refractivity contribution in [1.82, 2.24) is 4.90 Å². The van der Waals surface area contributed by atoms with Crippen LogP contribution >= 0.6 is 0 Å². The molecule has 3 aromatic rings. The highest BCUT2D eigenvalue weighted by Gasteiger charge is 2.35. The van der Waals surface area contributed by atoms with Crippen molar-refractivity contribution in [2.45, 2.75) is 19.0 Å². The van der Waals surface area contributed by atoms with Crippen LogP contribution < -0.4 is 29.0 Å². The van der Waals surface area contributed by atoms with E-state index >= 15 is 0 Å². The zero-order valence-corrected chi connectivity index (χ0v) is 21.5. The molecule has 1 aliphatic rings. The summed E-state index contributed by atoms with van der Waals surface area (Å²) in [6.07, 6.45) is -0.0160. The summed E-state index contributed by atoms with van der Waals surface area (Å²) in [5.41, 5.74) is 2.72. The summed E-state index contributed by atoms with van der Waals surface area (Å²) >= 11 is 0. The lowest BCUT2D eigenvalue weighted by Crippen LogP contribution is -2.32. The first-order chi connectivity index (χ1) is 17.9. The van der Waals surface area contributed by atoms with Gasteiger partial charge in [-0.2, -0.15) is 0 Å². The highest BCUT2D eigenvalue weighted by atomic mass is 16.5. The Hall–Kier alpha value is -4.40. The number of carbonyl (C=O) groups is 2. The fraction of sp³-hybridized carbons (Fsp3) is 0.286. The molecule has 0 radical (unpaired) electrons. The van der Waals surface area contributed by atoms with Gasteiger partial charge in [-0.15, -0.1) is 0 Å². The number of ether oxygens (including phenoxy) is 5. The minimum absolute atomic E-state index is 0.0160. The quantitative estimate of drug-likeness (QED) is 0.434. The van der Waals surface area contributed by atoms with Gasteiger partial charge >= 0.3 is 0 Å². The first kappa shape index (κ1) is 25.7. The standard InChI is InChI=1S/C28H30N2O7/c1-33-20-12-19(13-21(14-20)34-2)29-26(31)15-23(30-16-17-8-6-7-9-22(17)28(30)32)18-10-24(35-3)27(37-5)25(11-18)36-4/h6-14,23H,15-16H2,1-5H3,(H,29,31). The normalized spacial score (nSPS) is 13.0. The van der Waals surface area contributed by atoms with E-state index in [1.165, 1.54) is 35.5 Å². The Morgan fingerprint density at radius 2 is 1.49 bits per heavy atom. The van der Waals surface area contributed by atoms with Crippen molar-refractivity contribution in [1.29, 1.82) is 0 Å². The van der Waals surface area contributed by atoms with Gasteiger partial charge in [0.05, 0.1) is 48.0 Å². The minimum Gasteiger partial charge on any atom is -0.497 e. The van der Waals surface area contributed by atoms with Crippen molar-refractivity contribution in [3.8, 4) is 28.7 Å². The molecule has 9 nitrogen and oxygen atoms in total. The summed E-state index contributed by atoms with van der Waals surface area (Å²) in [7, 11) is 7.65. The average molecular weight is 507 g/mol. The Morgan fingerprint density at radius 3 is 2.03 bits per heavy atom. The van der Waals surface area contributed by atoms with E-state index in [1.54, 1.807) is 41.3 Å². The largest absolute Gasteiger partial charge is 0.497 e. The second kappa shape index (κ2) is 11.1. The van der Waals surface area contributed by atoms with Crippen molar-refractivity contribution in [2.75, 3.05) is 40.9 Å². The monoisotopic (exact) mass is 506 g/mol. The number of carbonyl (C=O) groups excluding carboxylic acids is 2. The molecule has 0 aromatic heterocycles. The van der Waals surface area contributed by atoms with E-state index in [0.717, 1.165) is 5.56 Å². The highest BCUT2D eigenvalue weighted by molar-refractivity contribution is 5.99. The van der Waals surface area contributed by atoms with Crippen LogP contribution in [0.3, 0.4) is 0 Å². The number of anilines is 1. The third-order valence-corrected chi connectivity index (χ3v) is 6.31. The molecule has 2 amide bonds. The topological polar surface area (TPSA) is 95.6 Å². The van der Waals surface area contributed by atoms with E-state index < -0.39 is 6.04 Å². The van der Waals surface area contributed by atoms with Crippen LogP contribution in [-0.4, -0.2) is 52.3 Å². The lowest BCUT2D eigenvalue weighted by Gasteiger charge is -2.29. The Kier molecular flexibility index (Phi) is 7.71. The predicted molar refractivity (Wildman–Crippen MR) is 138 cm³/mol. The molecule has 3 aromatic carbocycles. The summed E-state index contributed by atoms with van der Waals surface area (Å²) in [6.45, 7) is 0.372. The summed E-state index contributed by atoms with van der Waals surface area (Å²) in [6, 6.07) is 15.5. The molecule has 37 heavy (non-hydrogen) atoms. The maximum Gasteiger partial charge on any atom is 0.255 e. The SMILES string of the molecule is COc1cc(NC(=O)CC(c2cc(OC)c(OC)c(OC)c2)N2Cc3ccccc3C2=O)cc(OC)c1. The van der Waals surface area contributed by atoms with Crippen molar-refractivity contribution in [3.63, 3.8) is 0 Å². The van der Waals surface area contributed by atoms with Crippen LogP contribution in [0.15, 0.2) is 54.6 Å². The smallest absolute Gasteiger partial charge is 0.255 e. The number of fused-ring (bicyclic) bond motifs is 1. The van der Waals surface area contributed by atoms with Crippen molar-refractivity contribution in [2.24, 2.45) is 0 Å². The van der Waals surface area contributed by atoms with E-state index in [1.807, 2.05) is 18.2 Å². The van der Waals surface area contributed by atoms with Crippen LogP contribution in [0, 0.1) is 0 Å². The van der Waals surface area contributed by atoms with Crippen LogP contribution in [0.4, 0.5) is 5.69 Å². The number of hydrogen-bond acceptors (Lipinski definition) is 7. The van der Waals surface area contributed by atoms with Crippen molar-refractivity contribution < 1.29 is 33.3 Å². The second-order valence-corrected chi connectivity index (χ2v) is 8.42. The molecule has 1 aliphatic heterocycles. The molecule has 1 heterocycles. The van der Waals surface area contributed by atoms with Gasteiger partial charge in [0.25, 0.3) is 5.91 Å². The van der Waals surface area contributed by atoms with Gasteiger partial charge in [0.1, 0.15) is 11.5 Å². The molecule has 1 N–H and O–H groups in total. The fourth-order valence-corrected chi connectivity index (χ4v) is 4.50. The van der Waals surface area contributed by atoms with Gasteiger partial charge in [0.15, 0.2) is 11.5 Å². The molecule has 1 atom stereocenters. The van der Waals surface area contributed by atoms with E-state index in [2.05, 4.69) is 5.32 Å². The summed E-state index contributed by atoms with van der Waals surface area (Å²) in [5, 5.41) is 2.91. The maximum atomic E-state index is 13.4. The van der Waals surface area contributed by atoms with Crippen LogP contribution in [0.25, 0.3) is 0 Å². The van der Waals surface area contributed by atoms with Crippen molar-refractivity contribution in [3.05, 3.63) is 71.3 Å². The third kappa shape index (κ3) is 5.25. The Balaban J connectivity index is 1.71. The van der Waals surface area contributed by atoms with E-state index in [4.69, 9.17) is 23.7 Å². The first-order valence-corrected chi connectivity index (χ1v) is 11.6. The number of nitrogens with zero attached hydrogens (tertiary/aromatic N) is 1. The zero-order valence-electron chi connectivity index (χ0n) is 21.5. The predicted octanol–water partition coefficient (Wildman–Crippen LogP) is 4.46. The molecular formula is C28H30N2O7. The maximum absolute atomic E-state index is 13.4. The van der Waals surface area contributed by atoms with Crippen LogP contribution in [0.1, 0.15) is 33.9 Å². The second-order valence-electron chi connectivity index (χ2n) is 8.42. The molecule has 4 rings (SSSR count). The van der Waals surface area contributed by atoms with Crippen molar-refractivity contribution >= 4 is 17.5 Å². The molecular weight excluding hydrogens is 476 g/mol. The molecule has 0 saturated carbocycles. The van der Waals surface area contributed by atoms with Gasteiger partial charge in [-0.05, 0) is 29.3 Å². The van der Waals surface area contributed by atoms with E-state index in [0.29, 0.717) is 52.1 Å². The Labute approximate surface area is 215 Å². The fourth-order valence-electron chi connectivity index (χ4n) is 4.50. The number of methoxy groups -OCH3 is 5. The Morgan fingerprint density at radius 1 is 0.865 bits per heavy atom. The third-order valence-electron chi connectivity index (χ3n) is 6.31. The summed E-state index contributed by atoms with van der Waals surface area (Å²) in [4.78, 5) is 28.5. The van der Waals surface area contributed by atoms with Gasteiger partial charge in [0, 0.05) is 36.0 Å². The molecule has 9 heteroatoms. The number of rotatable bonds is 10. The molecule has 0 aliphatic carbocycles. The molecule has 0 bridgehead atoms. The average Bonchev–Trinajstić information content (AvgIpc) is 3.26. The van der Waals surface area contributed by atoms with Gasteiger partial charge in [-0.25, -0.2) is 0 Å². The zero-order chi connectivity index (χ0) is 26.5. The van der Waals surface area contributed by atoms with Crippen LogP contribution in [0.2, 0.25) is 0 Å². The van der Waals surface area contributed by atoms with Gasteiger partial charge < -0.3 is 33.9 Å². The first-order valence-electron chi connectivity index (χ1n) is 11.6. The number of nitrogens with one attached hydrogen (secondary N) is 1. The molecule has 0 fully saturated rings. The van der Waals surface area contributed by atoms with Gasteiger partial charge in [-0.3, -0.25) is 9.59 Å². The minimum atomic E-state index is -0.610. The van der Waals surface area contributed by atoms with Gasteiger partial charge in [-0.1, -0.05) is 18.2 Å². The molecule has 0 spiro atoms. The lowest BCUT2D eigenvalue weighted by molar-refractivity contribution is -0.117. The van der Waals surface area contributed by atoms with E-state index in [-0.39, 0.29) is 18.2 Å². The number of amides is 2. The number of benzene rings is 3. The Bertz CT molecular complexity index is 1260. The highest BCUT2D eigenvalue weighted by Crippen LogP contribution is 2.43. The summed E-state index contributed by atoms with van der Waals surface area (Å²) in [5.74, 6) is 1.94.